The Morgan fingerprint density at radius 2 is 1.42 bits per heavy atom. The van der Waals surface area contributed by atoms with Crippen molar-refractivity contribution in [2.24, 2.45) is 0 Å². The highest BCUT2D eigenvalue weighted by Crippen LogP contribution is 2.36. The molecule has 2 aromatic carbocycles. The molecule has 6 atom stereocenters. The van der Waals surface area contributed by atoms with Crippen molar-refractivity contribution in [2.75, 3.05) is 13.2 Å². The summed E-state index contributed by atoms with van der Waals surface area (Å²) in [6, 6.07) is 19.1. The van der Waals surface area contributed by atoms with Crippen LogP contribution in [0.25, 0.3) is 0 Å². The Hall–Kier alpha value is -1.80. The number of aliphatic hydroxyl groups excluding tert-OH is 2. The van der Waals surface area contributed by atoms with Crippen LogP contribution in [0.4, 0.5) is 0 Å². The number of rotatable bonds is 4. The van der Waals surface area contributed by atoms with E-state index in [4.69, 9.17) is 18.9 Å². The van der Waals surface area contributed by atoms with Crippen molar-refractivity contribution in [3.63, 3.8) is 0 Å². The van der Waals surface area contributed by atoms with Crippen LogP contribution in [0.5, 0.6) is 0 Å². The second-order valence-corrected chi connectivity index (χ2v) is 6.44. The monoisotopic (exact) mass is 358 g/mol. The Balaban J connectivity index is 1.51. The third-order valence-electron chi connectivity index (χ3n) is 4.70. The zero-order valence-corrected chi connectivity index (χ0v) is 14.2. The van der Waals surface area contributed by atoms with Gasteiger partial charge in [-0.05, 0) is 0 Å². The maximum absolute atomic E-state index is 10.6. The van der Waals surface area contributed by atoms with Crippen LogP contribution in [-0.4, -0.2) is 47.8 Å². The first-order valence-electron chi connectivity index (χ1n) is 8.73. The molecule has 0 saturated carbocycles. The first-order chi connectivity index (χ1) is 12.8. The van der Waals surface area contributed by atoms with Gasteiger partial charge in [0, 0.05) is 11.1 Å². The van der Waals surface area contributed by atoms with Crippen LogP contribution in [-0.2, 0) is 18.9 Å². The zero-order chi connectivity index (χ0) is 17.9. The van der Waals surface area contributed by atoms with Gasteiger partial charge in [-0.25, -0.2) is 0 Å². The fourth-order valence-corrected chi connectivity index (χ4v) is 3.31. The van der Waals surface area contributed by atoms with Crippen LogP contribution in [0.3, 0.4) is 0 Å². The van der Waals surface area contributed by atoms with E-state index in [2.05, 4.69) is 0 Å². The molecule has 0 bridgehead atoms. The first kappa shape index (κ1) is 17.6. The minimum absolute atomic E-state index is 0.293. The van der Waals surface area contributed by atoms with Crippen LogP contribution < -0.4 is 0 Å². The maximum atomic E-state index is 10.6. The van der Waals surface area contributed by atoms with Gasteiger partial charge in [0.1, 0.15) is 24.4 Å². The molecule has 138 valence electrons. The van der Waals surface area contributed by atoms with E-state index in [-0.39, 0.29) is 6.61 Å². The molecule has 0 spiro atoms. The average molecular weight is 358 g/mol. The van der Waals surface area contributed by atoms with Crippen molar-refractivity contribution in [2.45, 2.75) is 37.0 Å². The van der Waals surface area contributed by atoms with Gasteiger partial charge in [-0.1, -0.05) is 60.7 Å². The summed E-state index contributed by atoms with van der Waals surface area (Å²) in [4.78, 5) is 0. The molecule has 2 N–H and O–H groups in total. The van der Waals surface area contributed by atoms with Gasteiger partial charge in [-0.15, -0.1) is 0 Å². The largest absolute Gasteiger partial charge is 0.394 e. The number of aliphatic hydroxyl groups is 2. The summed E-state index contributed by atoms with van der Waals surface area (Å²) in [6.45, 7) is -0.0129. The van der Waals surface area contributed by atoms with E-state index in [0.29, 0.717) is 6.61 Å². The van der Waals surface area contributed by atoms with Gasteiger partial charge in [0.2, 0.25) is 0 Å². The molecule has 2 saturated heterocycles. The van der Waals surface area contributed by atoms with E-state index in [1.807, 2.05) is 60.7 Å². The van der Waals surface area contributed by atoms with Gasteiger partial charge in [0.05, 0.1) is 13.2 Å². The lowest BCUT2D eigenvalue weighted by Gasteiger charge is -2.40. The molecule has 0 aromatic heterocycles. The van der Waals surface area contributed by atoms with Crippen molar-refractivity contribution in [1.82, 2.24) is 0 Å². The molecule has 2 aliphatic heterocycles. The summed E-state index contributed by atoms with van der Waals surface area (Å²) in [5.41, 5.74) is 1.73. The van der Waals surface area contributed by atoms with Gasteiger partial charge in [-0.3, -0.25) is 0 Å². The molecule has 26 heavy (non-hydrogen) atoms. The predicted octanol–water partition coefficient (Wildman–Crippen LogP) is 1.94. The molecule has 2 fully saturated rings. The third-order valence-corrected chi connectivity index (χ3v) is 4.70. The lowest BCUT2D eigenvalue weighted by molar-refractivity contribution is -0.310. The van der Waals surface area contributed by atoms with E-state index in [1.54, 1.807) is 0 Å². The Bertz CT molecular complexity index is 694. The quantitative estimate of drug-likeness (QED) is 0.870. The molecule has 0 radical (unpaired) electrons. The van der Waals surface area contributed by atoms with E-state index >= 15 is 0 Å². The second-order valence-electron chi connectivity index (χ2n) is 6.44. The highest BCUT2D eigenvalue weighted by Gasteiger charge is 2.46. The molecule has 6 nitrogen and oxygen atoms in total. The molecule has 2 unspecified atom stereocenters. The highest BCUT2D eigenvalue weighted by atomic mass is 16.8. The first-order valence-corrected chi connectivity index (χ1v) is 8.73. The maximum Gasteiger partial charge on any atom is 0.184 e. The Kier molecular flexibility index (Phi) is 5.31. The van der Waals surface area contributed by atoms with Crippen molar-refractivity contribution < 1.29 is 29.2 Å². The van der Waals surface area contributed by atoms with Crippen LogP contribution in [0.2, 0.25) is 0 Å². The zero-order valence-electron chi connectivity index (χ0n) is 14.2. The van der Waals surface area contributed by atoms with Crippen LogP contribution >= 0.6 is 0 Å². The standard InChI is InChI=1S/C20H22O6/c21-11-15-17(22)18(26-20(24-15)14-9-5-2-6-10-14)16-12-23-19(25-16)13-7-3-1-4-8-13/h1-10,15-22H,11-12H2/t15-,16+,17+,18+,19?,20?/m0/s1. The number of ether oxygens (including phenoxy) is 4. The van der Waals surface area contributed by atoms with Crippen molar-refractivity contribution >= 4 is 0 Å². The minimum atomic E-state index is -1.01. The smallest absolute Gasteiger partial charge is 0.184 e. The molecular weight excluding hydrogens is 336 g/mol. The van der Waals surface area contributed by atoms with E-state index < -0.39 is 37.0 Å². The molecule has 4 rings (SSSR count). The third kappa shape index (κ3) is 3.53. The minimum Gasteiger partial charge on any atom is -0.394 e. The van der Waals surface area contributed by atoms with Crippen molar-refractivity contribution in [1.29, 1.82) is 0 Å². The topological polar surface area (TPSA) is 77.4 Å². The number of hydrogen-bond donors (Lipinski definition) is 2. The van der Waals surface area contributed by atoms with E-state index in [0.717, 1.165) is 11.1 Å². The molecule has 2 aliphatic rings. The van der Waals surface area contributed by atoms with Gasteiger partial charge >= 0.3 is 0 Å². The molecular formula is C20H22O6. The predicted molar refractivity (Wildman–Crippen MR) is 92.0 cm³/mol. The normalized spacial score (nSPS) is 34.7. The van der Waals surface area contributed by atoms with Gasteiger partial charge in [0.25, 0.3) is 0 Å². The summed E-state index contributed by atoms with van der Waals surface area (Å²) in [6.07, 6.45) is -4.07. The fraction of sp³-hybridized carbons (Fsp3) is 0.400. The lowest BCUT2D eigenvalue weighted by atomic mass is 10.0. The van der Waals surface area contributed by atoms with Crippen molar-refractivity contribution in [3.8, 4) is 0 Å². The summed E-state index contributed by atoms with van der Waals surface area (Å²) in [5.74, 6) is 0. The summed E-state index contributed by atoms with van der Waals surface area (Å²) < 4.78 is 23.4. The van der Waals surface area contributed by atoms with Crippen molar-refractivity contribution in [3.05, 3.63) is 71.8 Å². The summed E-state index contributed by atoms with van der Waals surface area (Å²) in [7, 11) is 0. The molecule has 0 amide bonds. The summed E-state index contributed by atoms with van der Waals surface area (Å²) >= 11 is 0. The number of hydrogen-bond acceptors (Lipinski definition) is 6. The number of benzene rings is 2. The van der Waals surface area contributed by atoms with Gasteiger partial charge in [-0.2, -0.15) is 0 Å². The van der Waals surface area contributed by atoms with Crippen LogP contribution in [0, 0.1) is 0 Å². The molecule has 2 aromatic rings. The van der Waals surface area contributed by atoms with Gasteiger partial charge in [0.15, 0.2) is 12.6 Å². The summed E-state index contributed by atoms with van der Waals surface area (Å²) in [5, 5.41) is 20.2. The molecule has 2 heterocycles. The molecule has 0 aliphatic carbocycles. The van der Waals surface area contributed by atoms with E-state index in [1.165, 1.54) is 0 Å². The van der Waals surface area contributed by atoms with E-state index in [9.17, 15) is 10.2 Å². The molecule has 6 heteroatoms. The lowest BCUT2D eigenvalue weighted by Crippen LogP contribution is -2.54. The van der Waals surface area contributed by atoms with Gasteiger partial charge < -0.3 is 29.2 Å². The highest BCUT2D eigenvalue weighted by molar-refractivity contribution is 5.18. The average Bonchev–Trinajstić information content (AvgIpc) is 3.19. The Labute approximate surface area is 151 Å². The second kappa shape index (κ2) is 7.84. The van der Waals surface area contributed by atoms with Crippen LogP contribution in [0.15, 0.2) is 60.7 Å². The Morgan fingerprint density at radius 1 is 0.808 bits per heavy atom. The Morgan fingerprint density at radius 3 is 2.04 bits per heavy atom. The SMILES string of the molecule is OC[C@@H]1OC(c2ccccc2)O[C@H]([C@H]2COC(c3ccccc3)O2)[C@@H]1O. The van der Waals surface area contributed by atoms with Crippen LogP contribution in [0.1, 0.15) is 23.7 Å². The fourth-order valence-electron chi connectivity index (χ4n) is 3.31.